The van der Waals surface area contributed by atoms with Gasteiger partial charge in [-0.05, 0) is 30.7 Å². The van der Waals surface area contributed by atoms with Gasteiger partial charge in [0.25, 0.3) is 5.91 Å². The summed E-state index contributed by atoms with van der Waals surface area (Å²) in [7, 11) is -1.47. The summed E-state index contributed by atoms with van der Waals surface area (Å²) < 4.78 is 29.2. The molecule has 7 heteroatoms. The molecule has 1 unspecified atom stereocenters. The third kappa shape index (κ3) is 4.28. The summed E-state index contributed by atoms with van der Waals surface area (Å²) in [6.45, 7) is 0.782. The van der Waals surface area contributed by atoms with Crippen molar-refractivity contribution in [3.63, 3.8) is 0 Å². The topological polar surface area (TPSA) is 63.7 Å². The summed E-state index contributed by atoms with van der Waals surface area (Å²) in [5, 5.41) is 0. The second-order valence-electron chi connectivity index (χ2n) is 5.06. The van der Waals surface area contributed by atoms with Crippen molar-refractivity contribution >= 4 is 31.7 Å². The number of carbonyl (C=O) groups excluding carboxylic acids is 1. The van der Waals surface area contributed by atoms with Crippen molar-refractivity contribution in [3.8, 4) is 0 Å². The van der Waals surface area contributed by atoms with E-state index >= 15 is 0 Å². The average molecular weight is 376 g/mol. The molecule has 0 aliphatic carbocycles. The van der Waals surface area contributed by atoms with Crippen molar-refractivity contribution in [1.29, 1.82) is 0 Å². The molecule has 1 aromatic rings. The zero-order valence-corrected chi connectivity index (χ0v) is 14.2. The SMILES string of the molecule is COCCN(C(=O)c1ccc(Br)cc1)C1CCS(=O)(=O)C1. The molecule has 0 saturated carbocycles. The van der Waals surface area contributed by atoms with Crippen LogP contribution in [0.15, 0.2) is 28.7 Å². The van der Waals surface area contributed by atoms with Crippen molar-refractivity contribution in [3.05, 3.63) is 34.3 Å². The molecule has 1 fully saturated rings. The predicted octanol–water partition coefficient (Wildman–Crippen LogP) is 1.72. The lowest BCUT2D eigenvalue weighted by atomic mass is 10.1. The minimum Gasteiger partial charge on any atom is -0.383 e. The number of benzene rings is 1. The molecule has 1 amide bonds. The Morgan fingerprint density at radius 1 is 1.38 bits per heavy atom. The van der Waals surface area contributed by atoms with E-state index in [1.807, 2.05) is 0 Å². The second-order valence-corrected chi connectivity index (χ2v) is 8.20. The first-order valence-corrected chi connectivity index (χ1v) is 9.30. The number of sulfone groups is 1. The minimum absolute atomic E-state index is 0.0407. The number of amides is 1. The van der Waals surface area contributed by atoms with Gasteiger partial charge in [0.15, 0.2) is 9.84 Å². The van der Waals surface area contributed by atoms with Crippen molar-refractivity contribution < 1.29 is 17.9 Å². The zero-order chi connectivity index (χ0) is 15.5. The van der Waals surface area contributed by atoms with Crippen LogP contribution in [0.4, 0.5) is 0 Å². The van der Waals surface area contributed by atoms with Crippen LogP contribution < -0.4 is 0 Å². The molecule has 1 atom stereocenters. The maximum absolute atomic E-state index is 12.6. The fourth-order valence-corrected chi connectivity index (χ4v) is 4.41. The molecule has 0 aromatic heterocycles. The van der Waals surface area contributed by atoms with Crippen LogP contribution in [0, 0.1) is 0 Å². The Morgan fingerprint density at radius 3 is 2.57 bits per heavy atom. The third-order valence-electron chi connectivity index (χ3n) is 3.54. The van der Waals surface area contributed by atoms with E-state index in [0.29, 0.717) is 25.1 Å². The summed E-state index contributed by atoms with van der Waals surface area (Å²) in [5.41, 5.74) is 0.554. The fourth-order valence-electron chi connectivity index (χ4n) is 2.42. The van der Waals surface area contributed by atoms with Crippen LogP contribution in [0.5, 0.6) is 0 Å². The lowest BCUT2D eigenvalue weighted by molar-refractivity contribution is 0.0624. The van der Waals surface area contributed by atoms with Gasteiger partial charge < -0.3 is 9.64 Å². The minimum atomic E-state index is -3.03. The maximum Gasteiger partial charge on any atom is 0.254 e. The molecule has 0 radical (unpaired) electrons. The molecule has 0 spiro atoms. The van der Waals surface area contributed by atoms with Crippen LogP contribution in [-0.4, -0.2) is 57.0 Å². The number of hydrogen-bond donors (Lipinski definition) is 0. The Hall–Kier alpha value is -0.920. The second kappa shape index (κ2) is 6.89. The largest absolute Gasteiger partial charge is 0.383 e. The first kappa shape index (κ1) is 16.5. The van der Waals surface area contributed by atoms with Crippen LogP contribution in [0.3, 0.4) is 0 Å². The molecule has 5 nitrogen and oxygen atoms in total. The summed E-state index contributed by atoms with van der Waals surface area (Å²) in [6.07, 6.45) is 0.494. The molecule has 2 rings (SSSR count). The van der Waals surface area contributed by atoms with Gasteiger partial charge in [-0.1, -0.05) is 15.9 Å². The van der Waals surface area contributed by atoms with Gasteiger partial charge in [-0.2, -0.15) is 0 Å². The molecule has 0 N–H and O–H groups in total. The first-order valence-electron chi connectivity index (χ1n) is 6.69. The fraction of sp³-hybridized carbons (Fsp3) is 0.500. The summed E-state index contributed by atoms with van der Waals surface area (Å²) in [4.78, 5) is 14.2. The molecular weight excluding hydrogens is 358 g/mol. The Bertz CT molecular complexity index is 600. The van der Waals surface area contributed by atoms with E-state index in [-0.39, 0.29) is 23.5 Å². The highest BCUT2D eigenvalue weighted by atomic mass is 79.9. The molecule has 116 valence electrons. The van der Waals surface area contributed by atoms with Gasteiger partial charge in [0.1, 0.15) is 0 Å². The standard InChI is InChI=1S/C14H18BrNO4S/c1-20-8-7-16(13-6-9-21(18,19)10-13)14(17)11-2-4-12(15)5-3-11/h2-5,13H,6-10H2,1H3. The average Bonchev–Trinajstić information content (AvgIpc) is 2.80. The van der Waals surface area contributed by atoms with E-state index in [4.69, 9.17) is 4.74 Å². The highest BCUT2D eigenvalue weighted by molar-refractivity contribution is 9.10. The number of nitrogens with zero attached hydrogens (tertiary/aromatic N) is 1. The van der Waals surface area contributed by atoms with E-state index in [1.165, 1.54) is 0 Å². The Morgan fingerprint density at radius 2 is 2.05 bits per heavy atom. The van der Waals surface area contributed by atoms with Crippen LogP contribution in [-0.2, 0) is 14.6 Å². The monoisotopic (exact) mass is 375 g/mol. The van der Waals surface area contributed by atoms with Gasteiger partial charge in [0.2, 0.25) is 0 Å². The van der Waals surface area contributed by atoms with Crippen LogP contribution in [0.1, 0.15) is 16.8 Å². The highest BCUT2D eigenvalue weighted by Crippen LogP contribution is 2.20. The number of halogens is 1. The highest BCUT2D eigenvalue weighted by Gasteiger charge is 2.34. The summed E-state index contributed by atoms with van der Waals surface area (Å²) in [5.74, 6) is 0.0370. The number of rotatable bonds is 5. The molecular formula is C14H18BrNO4S. The maximum atomic E-state index is 12.6. The Kier molecular flexibility index (Phi) is 5.40. The molecule has 1 aromatic carbocycles. The third-order valence-corrected chi connectivity index (χ3v) is 5.82. The number of ether oxygens (including phenoxy) is 1. The van der Waals surface area contributed by atoms with Gasteiger partial charge in [-0.25, -0.2) is 8.42 Å². The van der Waals surface area contributed by atoms with E-state index in [0.717, 1.165) is 4.47 Å². The van der Waals surface area contributed by atoms with Crippen molar-refractivity contribution in [2.24, 2.45) is 0 Å². The van der Waals surface area contributed by atoms with Crippen LogP contribution in [0.2, 0.25) is 0 Å². The van der Waals surface area contributed by atoms with Gasteiger partial charge >= 0.3 is 0 Å². The number of methoxy groups -OCH3 is 1. The zero-order valence-electron chi connectivity index (χ0n) is 11.8. The molecule has 1 aliphatic rings. The van der Waals surface area contributed by atoms with Gasteiger partial charge in [0, 0.05) is 29.7 Å². The summed E-state index contributed by atoms with van der Waals surface area (Å²) in [6, 6.07) is 6.80. The smallest absolute Gasteiger partial charge is 0.254 e. The normalized spacial score (nSPS) is 20.4. The molecule has 21 heavy (non-hydrogen) atoms. The van der Waals surface area contributed by atoms with E-state index in [2.05, 4.69) is 15.9 Å². The Balaban J connectivity index is 2.19. The van der Waals surface area contributed by atoms with Crippen molar-refractivity contribution in [1.82, 2.24) is 4.90 Å². The molecule has 0 bridgehead atoms. The quantitative estimate of drug-likeness (QED) is 0.785. The van der Waals surface area contributed by atoms with Crippen LogP contribution >= 0.6 is 15.9 Å². The first-order chi connectivity index (χ1) is 9.93. The molecule has 1 aliphatic heterocycles. The molecule has 1 saturated heterocycles. The summed E-state index contributed by atoms with van der Waals surface area (Å²) >= 11 is 3.33. The van der Waals surface area contributed by atoms with E-state index in [1.54, 1.807) is 36.3 Å². The number of hydrogen-bond acceptors (Lipinski definition) is 4. The lowest BCUT2D eigenvalue weighted by Gasteiger charge is -2.28. The van der Waals surface area contributed by atoms with Gasteiger partial charge in [-0.15, -0.1) is 0 Å². The van der Waals surface area contributed by atoms with Crippen LogP contribution in [0.25, 0.3) is 0 Å². The lowest BCUT2D eigenvalue weighted by Crippen LogP contribution is -2.43. The van der Waals surface area contributed by atoms with E-state index < -0.39 is 9.84 Å². The predicted molar refractivity (Wildman–Crippen MR) is 84.1 cm³/mol. The molecule has 1 heterocycles. The van der Waals surface area contributed by atoms with Gasteiger partial charge in [-0.3, -0.25) is 4.79 Å². The van der Waals surface area contributed by atoms with E-state index in [9.17, 15) is 13.2 Å². The van der Waals surface area contributed by atoms with Crippen molar-refractivity contribution in [2.45, 2.75) is 12.5 Å². The van der Waals surface area contributed by atoms with Crippen molar-refractivity contribution in [2.75, 3.05) is 31.8 Å². The van der Waals surface area contributed by atoms with Gasteiger partial charge in [0.05, 0.1) is 18.1 Å². The Labute approximate surface area is 133 Å². The number of carbonyl (C=O) groups is 1.